The molecular formula is C32H38N8O4. The normalized spacial score (nSPS) is 23.2. The van der Waals surface area contributed by atoms with Gasteiger partial charge in [-0.15, -0.1) is 0 Å². The number of hydrogen-bond acceptors (Lipinski definition) is 9. The van der Waals surface area contributed by atoms with Gasteiger partial charge in [0.2, 0.25) is 23.6 Å². The molecule has 0 bridgehead atoms. The average molecular weight is 599 g/mol. The van der Waals surface area contributed by atoms with E-state index in [2.05, 4.69) is 67.5 Å². The van der Waals surface area contributed by atoms with Crippen molar-refractivity contribution in [1.82, 2.24) is 31.0 Å². The molecule has 2 aromatic carbocycles. The lowest BCUT2D eigenvalue weighted by Crippen LogP contribution is -2.43. The van der Waals surface area contributed by atoms with Crippen LogP contribution in [0.2, 0.25) is 0 Å². The van der Waals surface area contributed by atoms with Crippen LogP contribution in [0.15, 0.2) is 36.4 Å². The van der Waals surface area contributed by atoms with Crippen LogP contribution in [-0.4, -0.2) is 85.8 Å². The van der Waals surface area contributed by atoms with Gasteiger partial charge in [-0.2, -0.15) is 5.10 Å². The zero-order chi connectivity index (χ0) is 30.2. The van der Waals surface area contributed by atoms with E-state index in [4.69, 9.17) is 5.10 Å². The van der Waals surface area contributed by atoms with Crippen molar-refractivity contribution in [2.75, 3.05) is 62.2 Å². The van der Waals surface area contributed by atoms with E-state index in [0.717, 1.165) is 85.8 Å². The Morgan fingerprint density at radius 3 is 1.95 bits per heavy atom. The first-order valence-electron chi connectivity index (χ1n) is 15.7. The van der Waals surface area contributed by atoms with Gasteiger partial charge in [0, 0.05) is 82.0 Å². The Bertz CT molecular complexity index is 1620. The fourth-order valence-electron chi connectivity index (χ4n) is 6.92. The third-order valence-electron chi connectivity index (χ3n) is 9.27. The number of rotatable bonds is 6. The minimum absolute atomic E-state index is 0.228. The van der Waals surface area contributed by atoms with Crippen molar-refractivity contribution in [1.29, 1.82) is 0 Å². The van der Waals surface area contributed by atoms with Crippen molar-refractivity contribution in [3.8, 4) is 0 Å². The summed E-state index contributed by atoms with van der Waals surface area (Å²) in [6, 6.07) is 12.6. The first kappa shape index (κ1) is 28.5. The lowest BCUT2D eigenvalue weighted by Gasteiger charge is -2.31. The van der Waals surface area contributed by atoms with Crippen molar-refractivity contribution in [2.45, 2.75) is 44.1 Å². The Labute approximate surface area is 255 Å². The van der Waals surface area contributed by atoms with Crippen LogP contribution < -0.4 is 31.1 Å². The number of nitrogens with zero attached hydrogens (tertiary/aromatic N) is 4. The van der Waals surface area contributed by atoms with Crippen molar-refractivity contribution in [2.24, 2.45) is 0 Å². The number of anilines is 2. The number of nitrogens with one attached hydrogen (secondary N) is 4. The number of hydrogen-bond donors (Lipinski definition) is 4. The number of piperazine rings is 2. The molecule has 12 nitrogen and oxygen atoms in total. The summed E-state index contributed by atoms with van der Waals surface area (Å²) in [6.45, 7) is 7.56. The number of piperidine rings is 2. The van der Waals surface area contributed by atoms with Gasteiger partial charge in [-0.25, -0.2) is 0 Å². The lowest BCUT2D eigenvalue weighted by molar-refractivity contribution is -0.135. The molecule has 4 aliphatic heterocycles. The Morgan fingerprint density at radius 1 is 0.705 bits per heavy atom. The van der Waals surface area contributed by atoms with Gasteiger partial charge in [0.05, 0.1) is 29.6 Å². The topological polar surface area (TPSA) is 141 Å². The molecule has 0 radical (unpaired) electrons. The van der Waals surface area contributed by atoms with Crippen LogP contribution in [0.3, 0.4) is 0 Å². The lowest BCUT2D eigenvalue weighted by atomic mass is 9.89. The number of aromatic nitrogens is 2. The summed E-state index contributed by atoms with van der Waals surface area (Å²) in [5.41, 5.74) is 5.65. The highest BCUT2D eigenvalue weighted by molar-refractivity contribution is 6.03. The van der Waals surface area contributed by atoms with Gasteiger partial charge in [-0.3, -0.25) is 34.5 Å². The predicted octanol–water partition coefficient (Wildman–Crippen LogP) is 0.944. The summed E-state index contributed by atoms with van der Waals surface area (Å²) in [6.07, 6.45) is 1.51. The first-order chi connectivity index (χ1) is 21.4. The number of fused-ring (bicyclic) bond motifs is 1. The second-order valence-corrected chi connectivity index (χ2v) is 12.2. The van der Waals surface area contributed by atoms with Crippen LogP contribution >= 0.6 is 0 Å². The molecule has 4 saturated heterocycles. The largest absolute Gasteiger partial charge is 0.369 e. The Kier molecular flexibility index (Phi) is 7.77. The summed E-state index contributed by atoms with van der Waals surface area (Å²) >= 11 is 0. The molecule has 4 N–H and O–H groups in total. The second kappa shape index (κ2) is 12.0. The van der Waals surface area contributed by atoms with E-state index >= 15 is 0 Å². The van der Waals surface area contributed by atoms with Crippen molar-refractivity contribution < 1.29 is 19.2 Å². The molecular weight excluding hydrogens is 560 g/mol. The van der Waals surface area contributed by atoms with E-state index in [1.165, 1.54) is 0 Å². The summed E-state index contributed by atoms with van der Waals surface area (Å²) in [5.74, 6) is -1.94. The smallest absolute Gasteiger partial charge is 0.235 e. The molecule has 1 aromatic heterocycles. The fourth-order valence-corrected chi connectivity index (χ4v) is 6.92. The molecule has 0 aliphatic carbocycles. The maximum atomic E-state index is 13.0. The average Bonchev–Trinajstić information content (AvgIpc) is 3.38. The molecule has 2 unspecified atom stereocenters. The van der Waals surface area contributed by atoms with Crippen molar-refractivity contribution in [3.63, 3.8) is 0 Å². The molecule has 4 amide bonds. The van der Waals surface area contributed by atoms with E-state index in [-0.39, 0.29) is 30.0 Å². The molecule has 2 atom stereocenters. The Hall–Kier alpha value is -4.29. The van der Waals surface area contributed by atoms with Gasteiger partial charge in [0.15, 0.2) is 0 Å². The molecule has 4 fully saturated rings. The van der Waals surface area contributed by atoms with Gasteiger partial charge in [0.1, 0.15) is 0 Å². The standard InChI is InChI=1S/C32H38N8O4/c41-28-5-3-24(31(43)35-28)21-15-20(16-23(17-21)39-13-9-34-10-14-39)19-40-27-18-22(38-11-7-33-8-12-38)1-2-25(27)30(37-40)26-4-6-29(42)36-32(26)44/h1-2,15-18,24,26,33-34H,3-14,19H2,(H,35,41,43)(H,36,42,44). The Balaban J connectivity index is 1.30. The Morgan fingerprint density at radius 2 is 1.32 bits per heavy atom. The van der Waals surface area contributed by atoms with Crippen molar-refractivity contribution in [3.05, 3.63) is 53.2 Å². The highest BCUT2D eigenvalue weighted by atomic mass is 16.2. The van der Waals surface area contributed by atoms with Crippen LogP contribution in [0.1, 0.15) is 54.3 Å². The minimum atomic E-state index is -0.507. The van der Waals surface area contributed by atoms with E-state index in [1.807, 2.05) is 4.68 Å². The van der Waals surface area contributed by atoms with Gasteiger partial charge < -0.3 is 20.4 Å². The highest BCUT2D eigenvalue weighted by Gasteiger charge is 2.33. The van der Waals surface area contributed by atoms with Crippen LogP contribution in [0.5, 0.6) is 0 Å². The zero-order valence-corrected chi connectivity index (χ0v) is 24.7. The molecule has 7 rings (SSSR count). The molecule has 3 aromatic rings. The maximum absolute atomic E-state index is 13.0. The van der Waals surface area contributed by atoms with Crippen LogP contribution in [0.4, 0.5) is 11.4 Å². The summed E-state index contributed by atoms with van der Waals surface area (Å²) in [4.78, 5) is 54.4. The molecule has 12 heteroatoms. The SMILES string of the molecule is O=C1CCC(c2cc(Cn3nc(C4CCC(=O)NC4=O)c4ccc(N5CCNCC5)cc43)cc(N3CCNCC3)c2)C(=O)N1. The van der Waals surface area contributed by atoms with E-state index in [9.17, 15) is 19.2 Å². The minimum Gasteiger partial charge on any atom is -0.369 e. The van der Waals surface area contributed by atoms with Gasteiger partial charge in [-0.1, -0.05) is 6.07 Å². The fraction of sp³-hybridized carbons (Fsp3) is 0.469. The number of carbonyl (C=O) groups is 4. The number of amides is 4. The zero-order valence-electron chi connectivity index (χ0n) is 24.7. The van der Waals surface area contributed by atoms with E-state index in [0.29, 0.717) is 31.5 Å². The third-order valence-corrected chi connectivity index (χ3v) is 9.27. The third kappa shape index (κ3) is 5.67. The molecule has 230 valence electrons. The highest BCUT2D eigenvalue weighted by Crippen LogP contribution is 2.35. The van der Waals surface area contributed by atoms with Crippen LogP contribution in [-0.2, 0) is 25.7 Å². The number of imide groups is 2. The summed E-state index contributed by atoms with van der Waals surface area (Å²) < 4.78 is 1.96. The van der Waals surface area contributed by atoms with Gasteiger partial charge >= 0.3 is 0 Å². The summed E-state index contributed by atoms with van der Waals surface area (Å²) in [7, 11) is 0. The quantitative estimate of drug-likeness (QED) is 0.305. The molecule has 5 heterocycles. The first-order valence-corrected chi connectivity index (χ1v) is 15.7. The maximum Gasteiger partial charge on any atom is 0.235 e. The molecule has 0 spiro atoms. The van der Waals surface area contributed by atoms with Crippen molar-refractivity contribution >= 4 is 45.9 Å². The monoisotopic (exact) mass is 598 g/mol. The number of benzene rings is 2. The molecule has 44 heavy (non-hydrogen) atoms. The van der Waals surface area contributed by atoms with Gasteiger partial charge in [0.25, 0.3) is 0 Å². The van der Waals surface area contributed by atoms with Crippen LogP contribution in [0, 0.1) is 0 Å². The van der Waals surface area contributed by atoms with Gasteiger partial charge in [-0.05, 0) is 54.3 Å². The predicted molar refractivity (Wildman–Crippen MR) is 166 cm³/mol. The van der Waals surface area contributed by atoms with E-state index < -0.39 is 11.8 Å². The van der Waals surface area contributed by atoms with Crippen LogP contribution in [0.25, 0.3) is 10.9 Å². The summed E-state index contributed by atoms with van der Waals surface area (Å²) in [5, 5.41) is 17.8. The second-order valence-electron chi connectivity index (χ2n) is 12.2. The number of carbonyl (C=O) groups excluding carboxylic acids is 4. The molecule has 0 saturated carbocycles. The molecule has 4 aliphatic rings. The van der Waals surface area contributed by atoms with E-state index in [1.54, 1.807) is 0 Å².